The van der Waals surface area contributed by atoms with Gasteiger partial charge < -0.3 is 25.6 Å². The van der Waals surface area contributed by atoms with E-state index in [0.29, 0.717) is 41.4 Å². The van der Waals surface area contributed by atoms with Crippen LogP contribution in [0.25, 0.3) is 11.2 Å². The zero-order chi connectivity index (χ0) is 23.9. The molecule has 3 aliphatic rings. The average Bonchev–Trinajstić information content (AvgIpc) is 3.19. The summed E-state index contributed by atoms with van der Waals surface area (Å²) in [4.78, 5) is 21.4. The quantitative estimate of drug-likeness (QED) is 0.304. The maximum Gasteiger partial charge on any atom is 0.288 e. The Morgan fingerprint density at radius 3 is 2.71 bits per heavy atom. The molecule has 1 spiro atoms. The summed E-state index contributed by atoms with van der Waals surface area (Å²) in [6, 6.07) is 4.55. The van der Waals surface area contributed by atoms with Crippen molar-refractivity contribution in [3.63, 3.8) is 0 Å². The van der Waals surface area contributed by atoms with Gasteiger partial charge in [0.1, 0.15) is 20.9 Å². The Morgan fingerprint density at radius 2 is 1.97 bits per heavy atom. The number of carbonyl (C=O) groups excluding carboxylic acids is 1. The Bertz CT molecular complexity index is 1470. The molecule has 6 rings (SSSR count). The summed E-state index contributed by atoms with van der Waals surface area (Å²) >= 11 is 5.98. The Hall–Kier alpha value is -2.73. The first-order chi connectivity index (χ1) is 16.0. The van der Waals surface area contributed by atoms with Gasteiger partial charge in [-0.05, 0) is 61.8 Å². The van der Waals surface area contributed by atoms with Crippen molar-refractivity contribution < 1.29 is 17.8 Å². The van der Waals surface area contributed by atoms with Crippen molar-refractivity contribution in [1.29, 1.82) is 4.78 Å². The number of hydrogen-bond acceptors (Lipinski definition) is 9. The monoisotopic (exact) mass is 502 g/mol. The molecule has 0 bridgehead atoms. The minimum Gasteiger partial charge on any atom is -0.441 e. The third-order valence-electron chi connectivity index (χ3n) is 6.80. The standard InChI is InChI=1S/C22H23ClN6O4S/c23-12-7-14-18(27-8-12)33-19(28-14)21(24)9-20(10-21)5-6-22(25,11-20)29-17(30)15-3-4-16(32-15)34(26,31)13-1-2-13/h3-8,13,26H,1-2,9-11,24-25H2,(H,29,30)/t20?,21?,22-,34+/m0/s1. The van der Waals surface area contributed by atoms with Crippen molar-refractivity contribution in [1.82, 2.24) is 15.3 Å². The number of fused-ring (bicyclic) bond motifs is 1. The molecule has 0 aliphatic heterocycles. The maximum absolute atomic E-state index is 12.8. The number of aromatic nitrogens is 2. The maximum atomic E-state index is 12.8. The van der Waals surface area contributed by atoms with Crippen LogP contribution in [0.15, 0.2) is 50.5 Å². The highest BCUT2D eigenvalue weighted by molar-refractivity contribution is 7.93. The second-order valence-corrected chi connectivity index (χ2v) is 12.5. The summed E-state index contributed by atoms with van der Waals surface area (Å²) in [5.74, 6) is -0.150. The average molecular weight is 503 g/mol. The zero-order valence-electron chi connectivity index (χ0n) is 18.0. The number of amides is 1. The third-order valence-corrected chi connectivity index (χ3v) is 9.23. The molecule has 178 valence electrons. The van der Waals surface area contributed by atoms with Crippen LogP contribution in [0.5, 0.6) is 0 Å². The lowest BCUT2D eigenvalue weighted by Gasteiger charge is -2.51. The van der Waals surface area contributed by atoms with E-state index in [1.807, 2.05) is 6.08 Å². The molecule has 34 heavy (non-hydrogen) atoms. The predicted octanol–water partition coefficient (Wildman–Crippen LogP) is 3.02. The summed E-state index contributed by atoms with van der Waals surface area (Å²) < 4.78 is 31.9. The first-order valence-corrected chi connectivity index (χ1v) is 12.9. The summed E-state index contributed by atoms with van der Waals surface area (Å²) in [6.07, 6.45) is 8.23. The largest absolute Gasteiger partial charge is 0.441 e. The zero-order valence-corrected chi connectivity index (χ0v) is 19.6. The second-order valence-electron chi connectivity index (χ2n) is 9.79. The fraction of sp³-hybridized carbons (Fsp3) is 0.409. The minimum atomic E-state index is -3.02. The molecule has 1 amide bonds. The highest BCUT2D eigenvalue weighted by atomic mass is 35.5. The van der Waals surface area contributed by atoms with Crippen molar-refractivity contribution in [2.24, 2.45) is 16.9 Å². The van der Waals surface area contributed by atoms with E-state index < -0.39 is 26.8 Å². The van der Waals surface area contributed by atoms with E-state index >= 15 is 0 Å². The first kappa shape index (κ1) is 21.8. The molecular formula is C22H23ClN6O4S. The number of rotatable bonds is 5. The van der Waals surface area contributed by atoms with Crippen LogP contribution in [0.1, 0.15) is 48.5 Å². The number of nitrogens with two attached hydrogens (primary N) is 2. The lowest BCUT2D eigenvalue weighted by molar-refractivity contribution is 0.0355. The number of furan rings is 1. The Balaban J connectivity index is 1.14. The van der Waals surface area contributed by atoms with Gasteiger partial charge in [-0.3, -0.25) is 4.79 Å². The Labute approximate surface area is 200 Å². The van der Waals surface area contributed by atoms with E-state index in [1.165, 1.54) is 18.3 Å². The fourth-order valence-corrected chi connectivity index (χ4v) is 6.93. The van der Waals surface area contributed by atoms with E-state index in [4.69, 9.17) is 36.7 Å². The molecule has 0 saturated heterocycles. The molecule has 12 heteroatoms. The van der Waals surface area contributed by atoms with Crippen molar-refractivity contribution >= 4 is 38.5 Å². The van der Waals surface area contributed by atoms with E-state index in [0.717, 1.165) is 12.8 Å². The molecule has 2 atom stereocenters. The molecule has 3 aliphatic carbocycles. The second kappa shape index (κ2) is 6.91. The van der Waals surface area contributed by atoms with Crippen LogP contribution >= 0.6 is 11.6 Å². The number of nitrogens with one attached hydrogen (secondary N) is 2. The summed E-state index contributed by atoms with van der Waals surface area (Å²) in [7, 11) is -3.02. The number of pyridine rings is 1. The lowest BCUT2D eigenvalue weighted by atomic mass is 9.57. The van der Waals surface area contributed by atoms with Crippen molar-refractivity contribution in [3.05, 3.63) is 53.2 Å². The number of carbonyl (C=O) groups is 1. The molecule has 3 aromatic heterocycles. The molecule has 3 aromatic rings. The summed E-state index contributed by atoms with van der Waals surface area (Å²) in [6.45, 7) is 0. The molecule has 2 saturated carbocycles. The van der Waals surface area contributed by atoms with Crippen LogP contribution in [0.3, 0.4) is 0 Å². The van der Waals surface area contributed by atoms with Crippen LogP contribution in [0.4, 0.5) is 0 Å². The number of hydrogen-bond donors (Lipinski definition) is 4. The van der Waals surface area contributed by atoms with Gasteiger partial charge in [-0.25, -0.2) is 19.0 Å². The van der Waals surface area contributed by atoms with E-state index in [2.05, 4.69) is 15.3 Å². The number of nitrogens with zero attached hydrogens (tertiary/aromatic N) is 2. The van der Waals surface area contributed by atoms with Gasteiger partial charge in [0.15, 0.2) is 10.9 Å². The minimum absolute atomic E-state index is 0.0192. The molecule has 0 unspecified atom stereocenters. The van der Waals surface area contributed by atoms with Gasteiger partial charge in [0.25, 0.3) is 5.91 Å². The molecule has 6 N–H and O–H groups in total. The third kappa shape index (κ3) is 3.46. The van der Waals surface area contributed by atoms with E-state index in [1.54, 1.807) is 12.1 Å². The molecular weight excluding hydrogens is 480 g/mol. The van der Waals surface area contributed by atoms with E-state index in [9.17, 15) is 9.00 Å². The van der Waals surface area contributed by atoms with Gasteiger partial charge in [-0.15, -0.1) is 0 Å². The van der Waals surface area contributed by atoms with Crippen LogP contribution < -0.4 is 16.8 Å². The Kier molecular flexibility index (Phi) is 4.43. The van der Waals surface area contributed by atoms with Gasteiger partial charge >= 0.3 is 0 Å². The molecule has 2 fully saturated rings. The molecule has 3 heterocycles. The first-order valence-electron chi connectivity index (χ1n) is 10.9. The van der Waals surface area contributed by atoms with Crippen LogP contribution in [0, 0.1) is 10.2 Å². The van der Waals surface area contributed by atoms with Crippen LogP contribution in [-0.4, -0.2) is 31.0 Å². The smallest absolute Gasteiger partial charge is 0.288 e. The van der Waals surface area contributed by atoms with Crippen molar-refractivity contribution in [2.45, 2.75) is 53.6 Å². The molecule has 0 aromatic carbocycles. The van der Waals surface area contributed by atoms with Crippen molar-refractivity contribution in [2.75, 3.05) is 0 Å². The SMILES string of the molecule is N=[S@](=O)(c1ccc(C(=O)N[C@@]2(N)C=CC3(CC(N)(c4nc5cc(Cl)cnc5o4)C3)C2)o1)C1CC1. The predicted molar refractivity (Wildman–Crippen MR) is 123 cm³/mol. The van der Waals surface area contributed by atoms with Gasteiger partial charge in [0, 0.05) is 6.20 Å². The highest BCUT2D eigenvalue weighted by Crippen LogP contribution is 2.59. The van der Waals surface area contributed by atoms with Crippen LogP contribution in [0.2, 0.25) is 5.02 Å². The fourth-order valence-electron chi connectivity index (χ4n) is 5.16. The summed E-state index contributed by atoms with van der Waals surface area (Å²) in [5.41, 5.74) is 11.8. The van der Waals surface area contributed by atoms with E-state index in [-0.39, 0.29) is 21.5 Å². The van der Waals surface area contributed by atoms with Gasteiger partial charge in [0.2, 0.25) is 11.6 Å². The number of oxazole rings is 1. The molecule has 10 nitrogen and oxygen atoms in total. The number of halogens is 1. The topological polar surface area (TPSA) is 174 Å². The van der Waals surface area contributed by atoms with Gasteiger partial charge in [-0.2, -0.15) is 0 Å². The van der Waals surface area contributed by atoms with Crippen molar-refractivity contribution in [3.8, 4) is 0 Å². The number of allylic oxidation sites excluding steroid dienone is 1. The van der Waals surface area contributed by atoms with Crippen LogP contribution in [-0.2, 0) is 15.3 Å². The molecule has 0 radical (unpaired) electrons. The highest BCUT2D eigenvalue weighted by Gasteiger charge is 2.59. The van der Waals surface area contributed by atoms with Gasteiger partial charge in [-0.1, -0.05) is 17.7 Å². The van der Waals surface area contributed by atoms with Gasteiger partial charge in [0.05, 0.1) is 15.8 Å². The lowest BCUT2D eigenvalue weighted by Crippen LogP contribution is -2.59. The summed E-state index contributed by atoms with van der Waals surface area (Å²) in [5, 5.41) is 3.10. The Morgan fingerprint density at radius 1 is 1.21 bits per heavy atom. The normalized spacial score (nSPS) is 32.1.